The van der Waals surface area contributed by atoms with Gasteiger partial charge in [-0.3, -0.25) is 4.68 Å². The Morgan fingerprint density at radius 1 is 1.17 bits per heavy atom. The number of rotatable bonds is 5. The van der Waals surface area contributed by atoms with E-state index in [4.69, 9.17) is 0 Å². The van der Waals surface area contributed by atoms with Crippen LogP contribution in [0.15, 0.2) is 18.2 Å². The number of nitrogens with one attached hydrogen (secondary N) is 2. The quantitative estimate of drug-likeness (QED) is 0.887. The summed E-state index contributed by atoms with van der Waals surface area (Å²) < 4.78 is 2.00. The number of hydrogen-bond donors (Lipinski definition) is 2. The fraction of sp³-hybridized carbons (Fsp3) is 0.444. The van der Waals surface area contributed by atoms with Crippen LogP contribution in [0.3, 0.4) is 0 Å². The van der Waals surface area contributed by atoms with E-state index in [1.165, 1.54) is 22.4 Å². The van der Waals surface area contributed by atoms with E-state index >= 15 is 0 Å². The lowest BCUT2D eigenvalue weighted by atomic mass is 10.1. The zero-order valence-electron chi connectivity index (χ0n) is 14.7. The van der Waals surface area contributed by atoms with Gasteiger partial charge >= 0.3 is 6.03 Å². The molecule has 0 aliphatic carbocycles. The summed E-state index contributed by atoms with van der Waals surface area (Å²) in [4.78, 5) is 12.0. The number of nitrogens with zero attached hydrogens (tertiary/aromatic N) is 2. The number of carbonyl (C=O) groups is 1. The van der Waals surface area contributed by atoms with Gasteiger partial charge in [-0.2, -0.15) is 5.10 Å². The molecule has 5 heteroatoms. The van der Waals surface area contributed by atoms with Gasteiger partial charge in [0.15, 0.2) is 0 Å². The van der Waals surface area contributed by atoms with Gasteiger partial charge in [-0.15, -0.1) is 0 Å². The average Bonchev–Trinajstić information content (AvgIpc) is 2.78. The first kappa shape index (κ1) is 17.1. The number of benzene rings is 1. The number of anilines is 1. The molecule has 0 saturated carbocycles. The average molecular weight is 314 g/mol. The highest BCUT2D eigenvalue weighted by Gasteiger charge is 2.10. The minimum atomic E-state index is -0.175. The molecule has 0 fully saturated rings. The Hall–Kier alpha value is -2.30. The summed E-state index contributed by atoms with van der Waals surface area (Å²) in [6, 6.07) is 5.73. The summed E-state index contributed by atoms with van der Waals surface area (Å²) in [5, 5.41) is 10.3. The zero-order chi connectivity index (χ0) is 17.0. The van der Waals surface area contributed by atoms with Gasteiger partial charge in [-0.1, -0.05) is 6.07 Å². The maximum atomic E-state index is 12.0. The van der Waals surface area contributed by atoms with Crippen LogP contribution in [0.25, 0.3) is 0 Å². The van der Waals surface area contributed by atoms with Crippen molar-refractivity contribution in [3.05, 3.63) is 46.3 Å². The van der Waals surface area contributed by atoms with Crippen LogP contribution in [-0.2, 0) is 13.0 Å². The first-order valence-electron chi connectivity index (χ1n) is 8.07. The second-order valence-electron chi connectivity index (χ2n) is 5.90. The van der Waals surface area contributed by atoms with Crippen molar-refractivity contribution in [1.29, 1.82) is 0 Å². The highest BCUT2D eigenvalue weighted by Crippen LogP contribution is 2.15. The molecule has 23 heavy (non-hydrogen) atoms. The van der Waals surface area contributed by atoms with E-state index in [-0.39, 0.29) is 6.03 Å². The summed E-state index contributed by atoms with van der Waals surface area (Å²) in [5.41, 5.74) is 6.65. The lowest BCUT2D eigenvalue weighted by Gasteiger charge is -2.09. The fourth-order valence-corrected chi connectivity index (χ4v) is 2.70. The molecule has 2 rings (SSSR count). The van der Waals surface area contributed by atoms with Crippen LogP contribution in [0.1, 0.15) is 35.0 Å². The highest BCUT2D eigenvalue weighted by molar-refractivity contribution is 5.89. The van der Waals surface area contributed by atoms with Crippen molar-refractivity contribution in [3.63, 3.8) is 0 Å². The molecule has 0 unspecified atom stereocenters. The molecule has 2 amide bonds. The molecule has 1 aromatic heterocycles. The van der Waals surface area contributed by atoms with E-state index in [9.17, 15) is 4.79 Å². The molecule has 0 atom stereocenters. The van der Waals surface area contributed by atoms with Crippen LogP contribution in [0.5, 0.6) is 0 Å². The van der Waals surface area contributed by atoms with Crippen LogP contribution < -0.4 is 10.6 Å². The highest BCUT2D eigenvalue weighted by atomic mass is 16.2. The minimum Gasteiger partial charge on any atom is -0.338 e. The van der Waals surface area contributed by atoms with E-state index in [1.807, 2.05) is 36.7 Å². The predicted molar refractivity (Wildman–Crippen MR) is 94.0 cm³/mol. The number of aromatic nitrogens is 2. The molecule has 2 aromatic rings. The molecule has 2 N–H and O–H groups in total. The smallest absolute Gasteiger partial charge is 0.319 e. The van der Waals surface area contributed by atoms with Gasteiger partial charge in [0.2, 0.25) is 0 Å². The van der Waals surface area contributed by atoms with Crippen molar-refractivity contribution < 1.29 is 4.79 Å². The second-order valence-corrected chi connectivity index (χ2v) is 5.90. The molecule has 0 spiro atoms. The summed E-state index contributed by atoms with van der Waals surface area (Å²) in [7, 11) is 0. The van der Waals surface area contributed by atoms with Gasteiger partial charge in [0, 0.05) is 24.5 Å². The van der Waals surface area contributed by atoms with Crippen molar-refractivity contribution in [1.82, 2.24) is 15.1 Å². The lowest BCUT2D eigenvalue weighted by molar-refractivity contribution is 0.252. The van der Waals surface area contributed by atoms with Crippen molar-refractivity contribution in [2.45, 2.75) is 47.6 Å². The first-order valence-corrected chi connectivity index (χ1v) is 8.07. The molecule has 5 nitrogen and oxygen atoms in total. The van der Waals surface area contributed by atoms with Crippen LogP contribution in [0, 0.1) is 27.7 Å². The SMILES string of the molecule is CCn1nc(C)c(CCNC(=O)Nc2ccc(C)c(C)c2)c1C. The maximum Gasteiger partial charge on any atom is 0.319 e. The van der Waals surface area contributed by atoms with Crippen LogP contribution in [0.4, 0.5) is 10.5 Å². The van der Waals surface area contributed by atoms with Crippen molar-refractivity contribution in [3.8, 4) is 0 Å². The maximum absolute atomic E-state index is 12.0. The van der Waals surface area contributed by atoms with Crippen molar-refractivity contribution in [2.75, 3.05) is 11.9 Å². The van der Waals surface area contributed by atoms with Crippen LogP contribution >= 0.6 is 0 Å². The van der Waals surface area contributed by atoms with Gasteiger partial charge in [-0.25, -0.2) is 4.79 Å². The third kappa shape index (κ3) is 4.12. The Morgan fingerprint density at radius 3 is 2.52 bits per heavy atom. The Labute approximate surface area is 138 Å². The molecule has 0 aliphatic heterocycles. The second kappa shape index (κ2) is 7.31. The normalized spacial score (nSPS) is 10.7. The number of carbonyl (C=O) groups excluding carboxylic acids is 1. The first-order chi connectivity index (χ1) is 10.9. The summed E-state index contributed by atoms with van der Waals surface area (Å²) >= 11 is 0. The Bertz CT molecular complexity index is 703. The van der Waals surface area contributed by atoms with Crippen molar-refractivity contribution in [2.24, 2.45) is 0 Å². The standard InChI is InChI=1S/C18H26N4O/c1-6-22-15(5)17(14(4)21-22)9-10-19-18(23)20-16-8-7-12(2)13(3)11-16/h7-8,11H,6,9-10H2,1-5H3,(H2,19,20,23). The molecule has 0 radical (unpaired) electrons. The summed E-state index contributed by atoms with van der Waals surface area (Å²) in [6.07, 6.45) is 0.790. The molecule has 0 saturated heterocycles. The van der Waals surface area contributed by atoms with Gasteiger partial charge in [0.1, 0.15) is 0 Å². The van der Waals surface area contributed by atoms with Gasteiger partial charge in [-0.05, 0) is 69.9 Å². The van der Waals surface area contributed by atoms with Gasteiger partial charge in [0.25, 0.3) is 0 Å². The van der Waals surface area contributed by atoms with E-state index in [0.717, 1.165) is 24.3 Å². The lowest BCUT2D eigenvalue weighted by Crippen LogP contribution is -2.30. The van der Waals surface area contributed by atoms with Gasteiger partial charge < -0.3 is 10.6 Å². The minimum absolute atomic E-state index is 0.175. The van der Waals surface area contributed by atoms with Crippen molar-refractivity contribution >= 4 is 11.7 Å². The molecule has 1 heterocycles. The molecular formula is C18H26N4O. The molecule has 1 aromatic carbocycles. The largest absolute Gasteiger partial charge is 0.338 e. The zero-order valence-corrected chi connectivity index (χ0v) is 14.7. The Balaban J connectivity index is 1.87. The van der Waals surface area contributed by atoms with E-state index in [0.29, 0.717) is 6.54 Å². The third-order valence-corrected chi connectivity index (χ3v) is 4.26. The number of hydrogen-bond acceptors (Lipinski definition) is 2. The van der Waals surface area contributed by atoms with E-state index in [1.54, 1.807) is 0 Å². The Morgan fingerprint density at radius 2 is 1.91 bits per heavy atom. The molecule has 0 bridgehead atoms. The predicted octanol–water partition coefficient (Wildman–Crippen LogP) is 3.50. The molecule has 124 valence electrons. The fourth-order valence-electron chi connectivity index (χ4n) is 2.70. The molecular weight excluding hydrogens is 288 g/mol. The number of aryl methyl sites for hydroxylation is 4. The van der Waals surface area contributed by atoms with Crippen LogP contribution in [-0.4, -0.2) is 22.4 Å². The number of amides is 2. The number of urea groups is 1. The van der Waals surface area contributed by atoms with E-state index in [2.05, 4.69) is 36.5 Å². The van der Waals surface area contributed by atoms with Crippen LogP contribution in [0.2, 0.25) is 0 Å². The summed E-state index contributed by atoms with van der Waals surface area (Å²) in [5.74, 6) is 0. The summed E-state index contributed by atoms with van der Waals surface area (Å²) in [6.45, 7) is 11.7. The topological polar surface area (TPSA) is 59.0 Å². The Kier molecular flexibility index (Phi) is 5.42. The molecule has 0 aliphatic rings. The van der Waals surface area contributed by atoms with E-state index < -0.39 is 0 Å². The van der Waals surface area contributed by atoms with Gasteiger partial charge in [0.05, 0.1) is 5.69 Å². The third-order valence-electron chi connectivity index (χ3n) is 4.26. The monoisotopic (exact) mass is 314 g/mol.